The number of methoxy groups -OCH3 is 1. The molecule has 6 heteroatoms. The first-order valence-corrected chi connectivity index (χ1v) is 6.39. The first kappa shape index (κ1) is 15.5. The molecule has 0 spiro atoms. The molecular formula is C13H22N2O4. The summed E-state index contributed by atoms with van der Waals surface area (Å²) in [6.45, 7) is 6.47. The Morgan fingerprint density at radius 3 is 2.16 bits per heavy atom. The number of carbonyl (C=O) groups is 2. The van der Waals surface area contributed by atoms with Crippen LogP contribution in [0.4, 0.5) is 4.79 Å². The second kappa shape index (κ2) is 6.04. The van der Waals surface area contributed by atoms with Crippen LogP contribution in [0.2, 0.25) is 0 Å². The van der Waals surface area contributed by atoms with Crippen LogP contribution in [0, 0.1) is 11.3 Å². The Balaban J connectivity index is 2.47. The van der Waals surface area contributed by atoms with Crippen molar-refractivity contribution in [2.45, 2.75) is 39.2 Å². The van der Waals surface area contributed by atoms with E-state index in [1.54, 1.807) is 4.90 Å². The lowest BCUT2D eigenvalue weighted by atomic mass is 9.92. The molecule has 0 aliphatic carbocycles. The molecule has 1 aliphatic rings. The number of nitrogens with one attached hydrogen (secondary N) is 1. The Kier molecular flexibility index (Phi) is 4.91. The van der Waals surface area contributed by atoms with Crippen molar-refractivity contribution in [1.82, 2.24) is 4.90 Å². The summed E-state index contributed by atoms with van der Waals surface area (Å²) in [7, 11) is 1.27. The van der Waals surface area contributed by atoms with E-state index in [-0.39, 0.29) is 17.7 Å². The highest BCUT2D eigenvalue weighted by atomic mass is 16.6. The zero-order valence-corrected chi connectivity index (χ0v) is 12.0. The van der Waals surface area contributed by atoms with E-state index in [0.717, 1.165) is 0 Å². The van der Waals surface area contributed by atoms with Crippen LogP contribution in [0.3, 0.4) is 0 Å². The lowest BCUT2D eigenvalue weighted by molar-refractivity contribution is -0.133. The molecule has 0 atom stereocenters. The number of hydrogen-bond acceptors (Lipinski definition) is 5. The molecule has 1 rings (SSSR count). The van der Waals surface area contributed by atoms with Crippen LogP contribution in [0.1, 0.15) is 33.6 Å². The van der Waals surface area contributed by atoms with Gasteiger partial charge in [0.1, 0.15) is 11.3 Å². The lowest BCUT2D eigenvalue weighted by Crippen LogP contribution is -2.43. The van der Waals surface area contributed by atoms with Crippen molar-refractivity contribution in [3.8, 4) is 0 Å². The maximum atomic E-state index is 11.8. The van der Waals surface area contributed by atoms with Gasteiger partial charge in [-0.3, -0.25) is 5.41 Å². The molecule has 0 aromatic carbocycles. The number of hydrogen-bond donors (Lipinski definition) is 1. The maximum Gasteiger partial charge on any atom is 0.410 e. The first-order valence-electron chi connectivity index (χ1n) is 6.39. The third kappa shape index (κ3) is 4.54. The molecule has 0 aromatic rings. The Labute approximate surface area is 113 Å². The molecule has 0 unspecified atom stereocenters. The van der Waals surface area contributed by atoms with E-state index in [0.29, 0.717) is 25.9 Å². The highest BCUT2D eigenvalue weighted by Crippen LogP contribution is 2.20. The van der Waals surface area contributed by atoms with Crippen LogP contribution in [0.15, 0.2) is 0 Å². The lowest BCUT2D eigenvalue weighted by Gasteiger charge is -2.33. The minimum absolute atomic E-state index is 0.00802. The molecule has 0 radical (unpaired) electrons. The Morgan fingerprint density at radius 1 is 1.21 bits per heavy atom. The fourth-order valence-corrected chi connectivity index (χ4v) is 1.95. The number of carbonyl (C=O) groups excluding carboxylic acids is 2. The number of amides is 1. The van der Waals surface area contributed by atoms with Crippen molar-refractivity contribution in [3.05, 3.63) is 0 Å². The van der Waals surface area contributed by atoms with Gasteiger partial charge in [-0.1, -0.05) is 0 Å². The van der Waals surface area contributed by atoms with E-state index in [4.69, 9.17) is 10.1 Å². The van der Waals surface area contributed by atoms with Gasteiger partial charge in [0.2, 0.25) is 0 Å². The number of rotatable bonds is 2. The molecule has 0 bridgehead atoms. The van der Waals surface area contributed by atoms with Crippen molar-refractivity contribution in [1.29, 1.82) is 5.41 Å². The van der Waals surface area contributed by atoms with E-state index < -0.39 is 11.6 Å². The molecule has 0 aromatic heterocycles. The average Bonchev–Trinajstić information content (AvgIpc) is 2.35. The van der Waals surface area contributed by atoms with Gasteiger partial charge in [0.15, 0.2) is 0 Å². The van der Waals surface area contributed by atoms with Gasteiger partial charge in [0.25, 0.3) is 0 Å². The van der Waals surface area contributed by atoms with Gasteiger partial charge in [0.05, 0.1) is 7.11 Å². The quantitative estimate of drug-likeness (QED) is 0.613. The van der Waals surface area contributed by atoms with E-state index in [9.17, 15) is 9.59 Å². The minimum atomic E-state index is -0.587. The molecule has 19 heavy (non-hydrogen) atoms. The smallest absolute Gasteiger partial charge is 0.410 e. The van der Waals surface area contributed by atoms with Crippen LogP contribution >= 0.6 is 0 Å². The molecule has 0 saturated carbocycles. The number of piperidine rings is 1. The summed E-state index contributed by atoms with van der Waals surface area (Å²) < 4.78 is 9.82. The highest BCUT2D eigenvalue weighted by Gasteiger charge is 2.30. The first-order chi connectivity index (χ1) is 8.74. The van der Waals surface area contributed by atoms with Gasteiger partial charge in [-0.2, -0.15) is 0 Å². The SMILES string of the molecule is COC(=O)C(=N)C1CCN(C(=O)OC(C)(C)C)CC1. The topological polar surface area (TPSA) is 79.7 Å². The zero-order valence-electron chi connectivity index (χ0n) is 12.0. The Morgan fingerprint density at radius 2 is 1.74 bits per heavy atom. The largest absolute Gasteiger partial charge is 0.465 e. The fourth-order valence-electron chi connectivity index (χ4n) is 1.95. The number of nitrogens with zero attached hydrogens (tertiary/aromatic N) is 1. The predicted molar refractivity (Wildman–Crippen MR) is 70.3 cm³/mol. The molecule has 1 heterocycles. The maximum absolute atomic E-state index is 11.8. The standard InChI is InChI=1S/C13H22N2O4/c1-13(2,3)19-12(17)15-7-5-9(6-8-15)10(14)11(16)18-4/h9,14H,5-8H2,1-4H3. The van der Waals surface area contributed by atoms with Crippen molar-refractivity contribution in [3.63, 3.8) is 0 Å². The van der Waals surface area contributed by atoms with Crippen LogP contribution in [-0.4, -0.2) is 48.5 Å². The van der Waals surface area contributed by atoms with Crippen LogP contribution in [0.5, 0.6) is 0 Å². The third-order valence-electron chi connectivity index (χ3n) is 2.96. The van der Waals surface area contributed by atoms with Crippen LogP contribution in [0.25, 0.3) is 0 Å². The average molecular weight is 270 g/mol. The predicted octanol–water partition coefficient (Wildman–Crippen LogP) is 1.83. The number of esters is 1. The van der Waals surface area contributed by atoms with Crippen molar-refractivity contribution < 1.29 is 19.1 Å². The summed E-state index contributed by atoms with van der Waals surface area (Å²) in [6, 6.07) is 0. The summed E-state index contributed by atoms with van der Waals surface area (Å²) in [4.78, 5) is 24.7. The Hall–Kier alpha value is -1.59. The van der Waals surface area contributed by atoms with E-state index in [1.807, 2.05) is 20.8 Å². The summed E-state index contributed by atoms with van der Waals surface area (Å²) in [5, 5.41) is 7.70. The molecule has 1 fully saturated rings. The van der Waals surface area contributed by atoms with Gasteiger partial charge in [-0.05, 0) is 33.6 Å². The van der Waals surface area contributed by atoms with Crippen molar-refractivity contribution >= 4 is 17.8 Å². The molecule has 1 aliphatic heterocycles. The molecule has 1 amide bonds. The molecule has 1 saturated heterocycles. The van der Waals surface area contributed by atoms with Gasteiger partial charge >= 0.3 is 12.1 Å². The second-order valence-corrected chi connectivity index (χ2v) is 5.65. The van der Waals surface area contributed by atoms with E-state index in [2.05, 4.69) is 4.74 Å². The van der Waals surface area contributed by atoms with Gasteiger partial charge < -0.3 is 14.4 Å². The molecular weight excluding hydrogens is 248 g/mol. The zero-order chi connectivity index (χ0) is 14.6. The normalized spacial score (nSPS) is 16.9. The number of likely N-dealkylation sites (tertiary alicyclic amines) is 1. The number of ether oxygens (including phenoxy) is 2. The van der Waals surface area contributed by atoms with Gasteiger partial charge in [-0.25, -0.2) is 9.59 Å². The van der Waals surface area contributed by atoms with Gasteiger partial charge in [0, 0.05) is 19.0 Å². The summed E-state index contributed by atoms with van der Waals surface area (Å²) in [5.41, 5.74) is -0.515. The van der Waals surface area contributed by atoms with Crippen molar-refractivity contribution in [2.24, 2.45) is 5.92 Å². The Bertz CT molecular complexity index is 365. The molecule has 1 N–H and O–H groups in total. The van der Waals surface area contributed by atoms with E-state index in [1.165, 1.54) is 7.11 Å². The summed E-state index contributed by atoms with van der Waals surface area (Å²) >= 11 is 0. The second-order valence-electron chi connectivity index (χ2n) is 5.65. The van der Waals surface area contributed by atoms with Gasteiger partial charge in [-0.15, -0.1) is 0 Å². The highest BCUT2D eigenvalue weighted by molar-refractivity contribution is 6.35. The summed E-state index contributed by atoms with van der Waals surface area (Å²) in [5.74, 6) is -0.721. The minimum Gasteiger partial charge on any atom is -0.465 e. The fraction of sp³-hybridized carbons (Fsp3) is 0.769. The van der Waals surface area contributed by atoms with E-state index >= 15 is 0 Å². The molecule has 6 nitrogen and oxygen atoms in total. The van der Waals surface area contributed by atoms with Crippen LogP contribution < -0.4 is 0 Å². The monoisotopic (exact) mass is 270 g/mol. The van der Waals surface area contributed by atoms with Crippen LogP contribution in [-0.2, 0) is 14.3 Å². The summed E-state index contributed by atoms with van der Waals surface area (Å²) in [6.07, 6.45) is 0.843. The van der Waals surface area contributed by atoms with Crippen molar-refractivity contribution in [2.75, 3.05) is 20.2 Å². The molecule has 108 valence electrons. The third-order valence-corrected chi connectivity index (χ3v) is 2.96.